The van der Waals surface area contributed by atoms with Crippen molar-refractivity contribution in [1.29, 1.82) is 0 Å². The molecule has 3 N–H and O–H groups in total. The van der Waals surface area contributed by atoms with E-state index in [9.17, 15) is 9.59 Å². The molecule has 1 aliphatic rings. The van der Waals surface area contributed by atoms with Crippen molar-refractivity contribution in [2.24, 2.45) is 0 Å². The van der Waals surface area contributed by atoms with Gasteiger partial charge < -0.3 is 16.0 Å². The highest BCUT2D eigenvalue weighted by Gasteiger charge is 2.31. The first-order valence-corrected chi connectivity index (χ1v) is 9.16. The molecule has 0 aliphatic carbocycles. The van der Waals surface area contributed by atoms with E-state index in [0.29, 0.717) is 24.2 Å². The predicted octanol–water partition coefficient (Wildman–Crippen LogP) is 2.14. The van der Waals surface area contributed by atoms with E-state index in [4.69, 9.17) is 0 Å². The third-order valence-corrected chi connectivity index (χ3v) is 5.36. The highest BCUT2D eigenvalue weighted by Crippen LogP contribution is 2.26. The van der Waals surface area contributed by atoms with Crippen molar-refractivity contribution in [1.82, 2.24) is 25.9 Å². The minimum Gasteiger partial charge on any atom is -0.352 e. The maximum absolute atomic E-state index is 12.8. The summed E-state index contributed by atoms with van der Waals surface area (Å²) in [6.45, 7) is 6.23. The SMILES string of the molecule is CC1=C(C(=O)NCCc2nc(C)c(C)s2)C(c2cccnc2)NC(=O)N1. The summed E-state index contributed by atoms with van der Waals surface area (Å²) in [5, 5.41) is 9.40. The van der Waals surface area contributed by atoms with Crippen molar-refractivity contribution < 1.29 is 9.59 Å². The first kappa shape index (κ1) is 18.1. The zero-order valence-corrected chi connectivity index (χ0v) is 15.7. The first-order chi connectivity index (χ1) is 12.5. The van der Waals surface area contributed by atoms with Crippen molar-refractivity contribution in [2.45, 2.75) is 33.2 Å². The van der Waals surface area contributed by atoms with Crippen LogP contribution in [0.25, 0.3) is 0 Å². The van der Waals surface area contributed by atoms with Crippen molar-refractivity contribution >= 4 is 23.3 Å². The Morgan fingerprint density at radius 2 is 2.15 bits per heavy atom. The topological polar surface area (TPSA) is 96.0 Å². The van der Waals surface area contributed by atoms with Crippen LogP contribution >= 0.6 is 11.3 Å². The zero-order chi connectivity index (χ0) is 18.7. The Morgan fingerprint density at radius 3 is 2.81 bits per heavy atom. The number of nitrogens with zero attached hydrogens (tertiary/aromatic N) is 2. The Morgan fingerprint density at radius 1 is 1.35 bits per heavy atom. The van der Waals surface area contributed by atoms with Crippen LogP contribution in [0.1, 0.15) is 34.1 Å². The van der Waals surface area contributed by atoms with Gasteiger partial charge in [-0.3, -0.25) is 9.78 Å². The molecule has 8 heteroatoms. The van der Waals surface area contributed by atoms with Crippen LogP contribution in [0.3, 0.4) is 0 Å². The largest absolute Gasteiger partial charge is 0.352 e. The normalized spacial score (nSPS) is 16.9. The molecule has 1 atom stereocenters. The molecular weight excluding hydrogens is 350 g/mol. The summed E-state index contributed by atoms with van der Waals surface area (Å²) >= 11 is 1.65. The van der Waals surface area contributed by atoms with Crippen molar-refractivity contribution in [3.8, 4) is 0 Å². The van der Waals surface area contributed by atoms with Gasteiger partial charge in [-0.05, 0) is 32.4 Å². The maximum Gasteiger partial charge on any atom is 0.319 e. The Labute approximate surface area is 155 Å². The number of hydrogen-bond donors (Lipinski definition) is 3. The second-order valence-electron chi connectivity index (χ2n) is 6.11. The molecule has 0 aromatic carbocycles. The minimum absolute atomic E-state index is 0.214. The fraction of sp³-hybridized carbons (Fsp3) is 0.333. The van der Waals surface area contributed by atoms with Gasteiger partial charge in [-0.15, -0.1) is 11.3 Å². The molecule has 3 amide bonds. The van der Waals surface area contributed by atoms with Gasteiger partial charge in [-0.25, -0.2) is 9.78 Å². The Kier molecular flexibility index (Phi) is 5.32. The number of thiazole rings is 1. The smallest absolute Gasteiger partial charge is 0.319 e. The van der Waals surface area contributed by atoms with Gasteiger partial charge in [0.15, 0.2) is 0 Å². The van der Waals surface area contributed by atoms with Gasteiger partial charge in [0, 0.05) is 35.9 Å². The Hall–Kier alpha value is -2.74. The lowest BCUT2D eigenvalue weighted by Crippen LogP contribution is -2.47. The van der Waals surface area contributed by atoms with Crippen molar-refractivity contribution in [2.75, 3.05) is 6.54 Å². The van der Waals surface area contributed by atoms with Gasteiger partial charge in [-0.1, -0.05) is 6.07 Å². The lowest BCUT2D eigenvalue weighted by molar-refractivity contribution is -0.117. The maximum atomic E-state index is 12.8. The molecule has 2 aromatic rings. The highest BCUT2D eigenvalue weighted by molar-refractivity contribution is 7.11. The summed E-state index contributed by atoms with van der Waals surface area (Å²) in [7, 11) is 0. The number of pyridine rings is 1. The van der Waals surface area contributed by atoms with Gasteiger partial charge >= 0.3 is 6.03 Å². The van der Waals surface area contributed by atoms with E-state index >= 15 is 0 Å². The average molecular weight is 371 g/mol. The van der Waals surface area contributed by atoms with Gasteiger partial charge in [-0.2, -0.15) is 0 Å². The molecule has 0 bridgehead atoms. The van der Waals surface area contributed by atoms with E-state index in [-0.39, 0.29) is 11.9 Å². The van der Waals surface area contributed by atoms with Gasteiger partial charge in [0.25, 0.3) is 5.91 Å². The molecule has 2 aromatic heterocycles. The molecular formula is C18H21N5O2S. The number of aryl methyl sites for hydroxylation is 2. The van der Waals surface area contributed by atoms with Gasteiger partial charge in [0.05, 0.1) is 22.3 Å². The van der Waals surface area contributed by atoms with E-state index in [0.717, 1.165) is 16.3 Å². The van der Waals surface area contributed by atoms with Crippen LogP contribution in [0.2, 0.25) is 0 Å². The van der Waals surface area contributed by atoms with E-state index < -0.39 is 6.04 Å². The van der Waals surface area contributed by atoms with Crippen LogP contribution in [0.5, 0.6) is 0 Å². The number of rotatable bonds is 5. The number of allylic oxidation sites excluding steroid dienone is 1. The lowest BCUT2D eigenvalue weighted by atomic mass is 9.96. The summed E-state index contributed by atoms with van der Waals surface area (Å²) in [6, 6.07) is 2.76. The van der Waals surface area contributed by atoms with Crippen LogP contribution in [0.4, 0.5) is 4.79 Å². The number of aromatic nitrogens is 2. The molecule has 0 saturated heterocycles. The van der Waals surface area contributed by atoms with Crippen LogP contribution in [-0.4, -0.2) is 28.5 Å². The second-order valence-corrected chi connectivity index (χ2v) is 7.40. The first-order valence-electron chi connectivity index (χ1n) is 8.35. The fourth-order valence-corrected chi connectivity index (χ4v) is 3.75. The van der Waals surface area contributed by atoms with Crippen LogP contribution < -0.4 is 16.0 Å². The van der Waals surface area contributed by atoms with E-state index in [1.54, 1.807) is 36.7 Å². The summed E-state index contributed by atoms with van der Waals surface area (Å²) in [5.41, 5.74) is 2.83. The monoisotopic (exact) mass is 371 g/mol. The van der Waals surface area contributed by atoms with Gasteiger partial charge in [0.1, 0.15) is 0 Å². The molecule has 26 heavy (non-hydrogen) atoms. The number of nitrogens with one attached hydrogen (secondary N) is 3. The lowest BCUT2D eigenvalue weighted by Gasteiger charge is -2.28. The fourth-order valence-electron chi connectivity index (χ4n) is 2.82. The average Bonchev–Trinajstić information content (AvgIpc) is 2.92. The van der Waals surface area contributed by atoms with Crippen LogP contribution in [0.15, 0.2) is 35.8 Å². The second kappa shape index (κ2) is 7.65. The summed E-state index contributed by atoms with van der Waals surface area (Å²) in [5.74, 6) is -0.214. The summed E-state index contributed by atoms with van der Waals surface area (Å²) in [6.07, 6.45) is 3.98. The molecule has 3 heterocycles. The molecule has 0 saturated carbocycles. The Bertz CT molecular complexity index is 840. The third-order valence-electron chi connectivity index (χ3n) is 4.23. The van der Waals surface area contributed by atoms with Crippen LogP contribution in [-0.2, 0) is 11.2 Å². The van der Waals surface area contributed by atoms with E-state index in [2.05, 4.69) is 25.9 Å². The van der Waals surface area contributed by atoms with E-state index in [1.807, 2.05) is 19.9 Å². The molecule has 136 valence electrons. The third kappa shape index (κ3) is 3.91. The number of amides is 3. The van der Waals surface area contributed by atoms with Crippen molar-refractivity contribution in [3.63, 3.8) is 0 Å². The zero-order valence-electron chi connectivity index (χ0n) is 14.9. The van der Waals surface area contributed by atoms with Crippen LogP contribution in [0, 0.1) is 13.8 Å². The quantitative estimate of drug-likeness (QED) is 0.750. The standard InChI is InChI=1S/C18H21N5O2S/c1-10-12(3)26-14(21-10)6-8-20-17(24)15-11(2)22-18(25)23-16(15)13-5-4-7-19-9-13/h4-5,7,9,16H,6,8H2,1-3H3,(H,20,24)(H2,22,23,25). The molecule has 3 rings (SSSR count). The molecule has 0 fully saturated rings. The molecule has 1 aliphatic heterocycles. The van der Waals surface area contributed by atoms with Crippen molar-refractivity contribution in [3.05, 3.63) is 56.9 Å². The van der Waals surface area contributed by atoms with E-state index in [1.165, 1.54) is 4.88 Å². The molecule has 7 nitrogen and oxygen atoms in total. The molecule has 1 unspecified atom stereocenters. The number of urea groups is 1. The number of carbonyl (C=O) groups excluding carboxylic acids is 2. The summed E-state index contributed by atoms with van der Waals surface area (Å²) < 4.78 is 0. The minimum atomic E-state index is -0.526. The summed E-state index contributed by atoms with van der Waals surface area (Å²) in [4.78, 5) is 34.4. The number of carbonyl (C=O) groups is 2. The number of hydrogen-bond acceptors (Lipinski definition) is 5. The molecule has 0 spiro atoms. The van der Waals surface area contributed by atoms with Gasteiger partial charge in [0.2, 0.25) is 0 Å². The predicted molar refractivity (Wildman–Crippen MR) is 99.6 cm³/mol. The Balaban J connectivity index is 1.72. The highest BCUT2D eigenvalue weighted by atomic mass is 32.1. The molecule has 0 radical (unpaired) electrons.